The molecular weight excluding hydrogens is 359 g/mol. The minimum atomic E-state index is -0.986. The zero-order chi connectivity index (χ0) is 19.8. The molecule has 1 aromatic carbocycles. The number of halogens is 1. The van der Waals surface area contributed by atoms with Gasteiger partial charge >= 0.3 is 0 Å². The summed E-state index contributed by atoms with van der Waals surface area (Å²) in [7, 11) is 0. The lowest BCUT2D eigenvalue weighted by Gasteiger charge is -2.36. The number of hydrogen-bond donors (Lipinski definition) is 1. The maximum Gasteiger partial charge on any atom is 0.219 e. The Morgan fingerprint density at radius 3 is 2.68 bits per heavy atom. The van der Waals surface area contributed by atoms with Crippen LogP contribution in [0.25, 0.3) is 11.0 Å². The smallest absolute Gasteiger partial charge is 0.219 e. The van der Waals surface area contributed by atoms with Gasteiger partial charge in [-0.25, -0.2) is 9.37 Å². The third-order valence-electron chi connectivity index (χ3n) is 6.23. The Hall–Kier alpha value is -1.99. The molecule has 7 heteroatoms. The van der Waals surface area contributed by atoms with Gasteiger partial charge in [0.2, 0.25) is 5.91 Å². The molecule has 2 unspecified atom stereocenters. The lowest BCUT2D eigenvalue weighted by atomic mass is 10.0. The zero-order valence-electron chi connectivity index (χ0n) is 16.9. The Bertz CT molecular complexity index is 820. The lowest BCUT2D eigenvalue weighted by Crippen LogP contribution is -2.45. The first-order valence-electron chi connectivity index (χ1n) is 10.1. The van der Waals surface area contributed by atoms with Crippen molar-refractivity contribution in [2.24, 2.45) is 0 Å². The van der Waals surface area contributed by atoms with E-state index in [2.05, 4.69) is 40.8 Å². The second-order valence-corrected chi connectivity index (χ2v) is 8.19. The Morgan fingerprint density at radius 1 is 1.25 bits per heavy atom. The van der Waals surface area contributed by atoms with Crippen LogP contribution in [0.15, 0.2) is 12.1 Å². The summed E-state index contributed by atoms with van der Waals surface area (Å²) < 4.78 is 20.4. The summed E-state index contributed by atoms with van der Waals surface area (Å²) in [5.41, 5.74) is 4.33. The van der Waals surface area contributed by atoms with Gasteiger partial charge in [0.15, 0.2) is 0 Å². The summed E-state index contributed by atoms with van der Waals surface area (Å²) in [6, 6.07) is 4.48. The molecule has 2 aliphatic heterocycles. The highest BCUT2D eigenvalue weighted by Gasteiger charge is 2.38. The predicted octanol–water partition coefficient (Wildman–Crippen LogP) is 2.73. The number of fused-ring (bicyclic) bond motifs is 1. The molecule has 3 heterocycles. The molecule has 0 bridgehead atoms. The van der Waals surface area contributed by atoms with E-state index in [9.17, 15) is 9.18 Å². The fourth-order valence-corrected chi connectivity index (χ4v) is 4.34. The SMILES string of the molecule is CC(=O)N1CCC(N2CC(F)C(OCc3nc4cc(C)c(C)cc4[nH]3)C2)CC1. The van der Waals surface area contributed by atoms with E-state index in [0.717, 1.165) is 42.8 Å². The van der Waals surface area contributed by atoms with E-state index in [1.54, 1.807) is 6.92 Å². The summed E-state index contributed by atoms with van der Waals surface area (Å²) in [6.45, 7) is 8.58. The molecule has 4 rings (SSSR count). The normalized spacial score (nSPS) is 24.4. The van der Waals surface area contributed by atoms with Gasteiger partial charge in [-0.2, -0.15) is 0 Å². The van der Waals surface area contributed by atoms with Crippen molar-refractivity contribution in [2.75, 3.05) is 26.2 Å². The summed E-state index contributed by atoms with van der Waals surface area (Å²) in [4.78, 5) is 23.4. The Labute approximate surface area is 165 Å². The van der Waals surface area contributed by atoms with Crippen LogP contribution < -0.4 is 0 Å². The molecule has 1 aromatic heterocycles. The molecule has 2 aliphatic rings. The van der Waals surface area contributed by atoms with Crippen molar-refractivity contribution in [1.29, 1.82) is 0 Å². The van der Waals surface area contributed by atoms with Crippen molar-refractivity contribution in [2.45, 2.75) is 58.5 Å². The number of nitrogens with one attached hydrogen (secondary N) is 1. The van der Waals surface area contributed by atoms with E-state index >= 15 is 0 Å². The number of carbonyl (C=O) groups is 1. The van der Waals surface area contributed by atoms with Crippen LogP contribution in [0.5, 0.6) is 0 Å². The number of rotatable bonds is 4. The van der Waals surface area contributed by atoms with Crippen molar-refractivity contribution in [3.05, 3.63) is 29.1 Å². The first-order chi connectivity index (χ1) is 13.4. The molecule has 2 aromatic rings. The van der Waals surface area contributed by atoms with Gasteiger partial charge in [-0.05, 0) is 49.9 Å². The molecule has 0 aliphatic carbocycles. The topological polar surface area (TPSA) is 61.5 Å². The minimum absolute atomic E-state index is 0.126. The predicted molar refractivity (Wildman–Crippen MR) is 106 cm³/mol. The third kappa shape index (κ3) is 3.91. The van der Waals surface area contributed by atoms with E-state index < -0.39 is 12.3 Å². The highest BCUT2D eigenvalue weighted by molar-refractivity contribution is 5.77. The van der Waals surface area contributed by atoms with Gasteiger partial charge < -0.3 is 14.6 Å². The molecular formula is C21H29FN4O2. The lowest BCUT2D eigenvalue weighted by molar-refractivity contribution is -0.130. The van der Waals surface area contributed by atoms with Crippen LogP contribution in [0, 0.1) is 13.8 Å². The molecule has 2 atom stereocenters. The van der Waals surface area contributed by atoms with Gasteiger partial charge in [0, 0.05) is 39.1 Å². The number of aromatic amines is 1. The number of alkyl halides is 1. The highest BCUT2D eigenvalue weighted by atomic mass is 19.1. The van der Waals surface area contributed by atoms with Crippen LogP contribution in [0.3, 0.4) is 0 Å². The molecule has 152 valence electrons. The van der Waals surface area contributed by atoms with E-state index in [1.807, 2.05) is 4.90 Å². The average Bonchev–Trinajstić information content (AvgIpc) is 3.23. The number of aryl methyl sites for hydroxylation is 2. The standard InChI is InChI=1S/C21H29FN4O2/c1-13-8-18-19(9-14(13)2)24-21(23-18)12-28-20-11-26(10-17(20)22)16-4-6-25(7-5-16)15(3)27/h8-9,16-17,20H,4-7,10-12H2,1-3H3,(H,23,24). The van der Waals surface area contributed by atoms with Crippen molar-refractivity contribution < 1.29 is 13.9 Å². The monoisotopic (exact) mass is 388 g/mol. The van der Waals surface area contributed by atoms with Crippen LogP contribution in [-0.4, -0.2) is 70.2 Å². The Morgan fingerprint density at radius 2 is 1.96 bits per heavy atom. The van der Waals surface area contributed by atoms with Crippen molar-refractivity contribution in [1.82, 2.24) is 19.8 Å². The first kappa shape index (κ1) is 19.3. The van der Waals surface area contributed by atoms with Gasteiger partial charge in [-0.3, -0.25) is 9.69 Å². The number of likely N-dealkylation sites (tertiary alicyclic amines) is 2. The number of ether oxygens (including phenoxy) is 1. The second kappa shape index (κ2) is 7.79. The molecule has 1 amide bonds. The average molecular weight is 388 g/mol. The number of benzene rings is 1. The Balaban J connectivity index is 1.33. The molecule has 0 spiro atoms. The van der Waals surface area contributed by atoms with Gasteiger partial charge in [0.1, 0.15) is 24.7 Å². The van der Waals surface area contributed by atoms with Gasteiger partial charge in [0.05, 0.1) is 11.0 Å². The fourth-order valence-electron chi connectivity index (χ4n) is 4.34. The zero-order valence-corrected chi connectivity index (χ0v) is 16.9. The van der Waals surface area contributed by atoms with Crippen LogP contribution in [-0.2, 0) is 16.1 Å². The van der Waals surface area contributed by atoms with E-state index in [0.29, 0.717) is 19.1 Å². The number of aromatic nitrogens is 2. The summed E-state index contributed by atoms with van der Waals surface area (Å²) in [5, 5.41) is 0. The number of H-pyrrole nitrogens is 1. The van der Waals surface area contributed by atoms with Crippen LogP contribution >= 0.6 is 0 Å². The number of nitrogens with zero attached hydrogens (tertiary/aromatic N) is 3. The van der Waals surface area contributed by atoms with Crippen LogP contribution in [0.4, 0.5) is 4.39 Å². The maximum atomic E-state index is 14.5. The van der Waals surface area contributed by atoms with Crippen LogP contribution in [0.2, 0.25) is 0 Å². The molecule has 28 heavy (non-hydrogen) atoms. The number of hydrogen-bond acceptors (Lipinski definition) is 4. The molecule has 6 nitrogen and oxygen atoms in total. The van der Waals surface area contributed by atoms with Gasteiger partial charge in [-0.15, -0.1) is 0 Å². The molecule has 2 fully saturated rings. The van der Waals surface area contributed by atoms with Crippen molar-refractivity contribution >= 4 is 16.9 Å². The van der Waals surface area contributed by atoms with Crippen LogP contribution in [0.1, 0.15) is 36.7 Å². The molecule has 2 saturated heterocycles. The summed E-state index contributed by atoms with van der Waals surface area (Å²) in [6.07, 6.45) is 0.394. The minimum Gasteiger partial charge on any atom is -0.366 e. The van der Waals surface area contributed by atoms with Gasteiger partial charge in [0.25, 0.3) is 0 Å². The third-order valence-corrected chi connectivity index (χ3v) is 6.23. The molecule has 1 N–H and O–H groups in total. The van der Waals surface area contributed by atoms with E-state index in [4.69, 9.17) is 4.74 Å². The quantitative estimate of drug-likeness (QED) is 0.875. The van der Waals surface area contributed by atoms with E-state index in [1.165, 1.54) is 11.1 Å². The maximum absolute atomic E-state index is 14.5. The molecule has 0 saturated carbocycles. The second-order valence-electron chi connectivity index (χ2n) is 8.19. The number of piperidine rings is 1. The van der Waals surface area contributed by atoms with Crippen molar-refractivity contribution in [3.8, 4) is 0 Å². The Kier molecular flexibility index (Phi) is 5.38. The molecule has 0 radical (unpaired) electrons. The van der Waals surface area contributed by atoms with E-state index in [-0.39, 0.29) is 12.5 Å². The summed E-state index contributed by atoms with van der Waals surface area (Å²) >= 11 is 0. The largest absolute Gasteiger partial charge is 0.366 e. The summed E-state index contributed by atoms with van der Waals surface area (Å²) in [5.74, 6) is 0.862. The highest BCUT2D eigenvalue weighted by Crippen LogP contribution is 2.25. The first-order valence-corrected chi connectivity index (χ1v) is 10.1. The number of amides is 1. The van der Waals surface area contributed by atoms with Gasteiger partial charge in [-0.1, -0.05) is 0 Å². The number of imidazole rings is 1. The fraction of sp³-hybridized carbons (Fsp3) is 0.619. The number of carbonyl (C=O) groups excluding carboxylic acids is 1. The van der Waals surface area contributed by atoms with Crippen molar-refractivity contribution in [3.63, 3.8) is 0 Å².